The largest absolute Gasteiger partial charge is 0.478 e. The van der Waals surface area contributed by atoms with Crippen molar-refractivity contribution in [3.63, 3.8) is 0 Å². The van der Waals surface area contributed by atoms with E-state index in [0.717, 1.165) is 0 Å². The molecule has 0 aliphatic carbocycles. The highest BCUT2D eigenvalue weighted by Crippen LogP contribution is 2.42. The molecule has 0 aromatic heterocycles. The lowest BCUT2D eigenvalue weighted by atomic mass is 9.81. The maximum absolute atomic E-state index is 11.4. The van der Waals surface area contributed by atoms with Crippen molar-refractivity contribution in [1.29, 1.82) is 0 Å². The van der Waals surface area contributed by atoms with Gasteiger partial charge in [-0.05, 0) is 90.9 Å². The average Bonchev–Trinajstić information content (AvgIpc) is 2.96. The highest BCUT2D eigenvalue weighted by atomic mass is 16.4. The Kier molecular flexibility index (Phi) is 9.52. The van der Waals surface area contributed by atoms with E-state index in [9.17, 15) is 19.8 Å². The van der Waals surface area contributed by atoms with E-state index in [1.54, 1.807) is 0 Å². The van der Waals surface area contributed by atoms with E-state index in [-0.39, 0.29) is 37.3 Å². The van der Waals surface area contributed by atoms with Crippen LogP contribution in [0.5, 0.6) is 0 Å². The van der Waals surface area contributed by atoms with Crippen LogP contribution in [0.4, 0.5) is 0 Å². The van der Waals surface area contributed by atoms with Gasteiger partial charge in [0.05, 0.1) is 37.3 Å². The Morgan fingerprint density at radius 2 is 0.775 bits per heavy atom. The van der Waals surface area contributed by atoms with Gasteiger partial charge in [0.2, 0.25) is 0 Å². The third kappa shape index (κ3) is 6.21. The summed E-state index contributed by atoms with van der Waals surface area (Å²) in [5.74, 6) is -2.30. The molecule has 3 rings (SSSR count). The van der Waals surface area contributed by atoms with Gasteiger partial charge in [-0.15, -0.1) is 0 Å². The first-order valence-electron chi connectivity index (χ1n) is 11.3. The summed E-state index contributed by atoms with van der Waals surface area (Å²) in [6.45, 7) is -0.968. The van der Waals surface area contributed by atoms with Gasteiger partial charge in [0.1, 0.15) is 0 Å². The van der Waals surface area contributed by atoms with Gasteiger partial charge in [0.25, 0.3) is 0 Å². The molecule has 0 bridgehead atoms. The third-order valence-electron chi connectivity index (χ3n) is 5.94. The molecule has 0 unspecified atom stereocenters. The number of carbonyl (C=O) groups is 2. The van der Waals surface area contributed by atoms with Gasteiger partial charge >= 0.3 is 11.9 Å². The normalized spacial score (nSPS) is 9.80. The molecule has 198 valence electrons. The van der Waals surface area contributed by atoms with E-state index in [2.05, 4.69) is 40.1 Å². The highest BCUT2D eigenvalue weighted by molar-refractivity contribution is 5.91. The van der Waals surface area contributed by atoms with Gasteiger partial charge in [0.15, 0.2) is 0 Å². The van der Waals surface area contributed by atoms with Crippen LogP contribution in [-0.4, -0.2) is 22.2 Å². The van der Waals surface area contributed by atoms with E-state index in [0.29, 0.717) is 44.5 Å². The van der Waals surface area contributed by atoms with Crippen LogP contribution in [0.15, 0.2) is 69.0 Å². The standard InChI is InChI=1S/C24H18N12O4/c25-33-29-9-17-19(11-31-35-27)22(14-3-7-16(8-4-14)24(39)40)20(12-32-36-28)18(10-30-34-26)21(17)13-1-5-15(6-2-13)23(37)38/h1-8H,9-12H2,(H,37,38)(H,39,40). The fourth-order valence-electron chi connectivity index (χ4n) is 4.33. The first kappa shape index (κ1) is 28.4. The maximum atomic E-state index is 11.4. The molecule has 3 aromatic rings. The van der Waals surface area contributed by atoms with Crippen molar-refractivity contribution in [3.05, 3.63) is 124 Å². The summed E-state index contributed by atoms with van der Waals surface area (Å²) in [5.41, 5.74) is 39.9. The van der Waals surface area contributed by atoms with Crippen LogP contribution in [-0.2, 0) is 26.2 Å². The zero-order valence-electron chi connectivity index (χ0n) is 20.5. The second-order valence-corrected chi connectivity index (χ2v) is 7.99. The predicted octanol–water partition coefficient (Wildman–Crippen LogP) is 7.66. The van der Waals surface area contributed by atoms with Crippen molar-refractivity contribution >= 4 is 11.9 Å². The van der Waals surface area contributed by atoms with Crippen LogP contribution >= 0.6 is 0 Å². The average molecular weight is 538 g/mol. The lowest BCUT2D eigenvalue weighted by Gasteiger charge is -2.26. The molecule has 0 fully saturated rings. The maximum Gasteiger partial charge on any atom is 0.335 e. The van der Waals surface area contributed by atoms with Crippen LogP contribution in [0.25, 0.3) is 64.0 Å². The molecule has 0 saturated carbocycles. The number of aromatic carboxylic acids is 2. The van der Waals surface area contributed by atoms with E-state index in [1.165, 1.54) is 48.5 Å². The monoisotopic (exact) mass is 538 g/mol. The molecule has 0 aliphatic rings. The Morgan fingerprint density at radius 3 is 0.975 bits per heavy atom. The van der Waals surface area contributed by atoms with Crippen molar-refractivity contribution in [2.75, 3.05) is 0 Å². The number of azide groups is 4. The molecular weight excluding hydrogens is 520 g/mol. The Hall–Kier alpha value is -6.16. The summed E-state index contributed by atoms with van der Waals surface area (Å²) < 4.78 is 0. The quantitative estimate of drug-likeness (QED) is 0.133. The smallest absolute Gasteiger partial charge is 0.335 e. The molecule has 0 atom stereocenters. The molecule has 16 nitrogen and oxygen atoms in total. The molecule has 0 saturated heterocycles. The van der Waals surface area contributed by atoms with Crippen LogP contribution in [0.1, 0.15) is 43.0 Å². The second kappa shape index (κ2) is 13.4. The molecule has 0 radical (unpaired) electrons. The lowest BCUT2D eigenvalue weighted by molar-refractivity contribution is 0.0686. The summed E-state index contributed by atoms with van der Waals surface area (Å²) in [6.07, 6.45) is 0. The zero-order valence-corrected chi connectivity index (χ0v) is 20.5. The van der Waals surface area contributed by atoms with Gasteiger partial charge in [-0.25, -0.2) is 9.59 Å². The third-order valence-corrected chi connectivity index (χ3v) is 5.94. The highest BCUT2D eigenvalue weighted by Gasteiger charge is 2.25. The van der Waals surface area contributed by atoms with Crippen molar-refractivity contribution in [2.45, 2.75) is 26.2 Å². The summed E-state index contributed by atoms with van der Waals surface area (Å²) in [4.78, 5) is 34.3. The fraction of sp³-hybridized carbons (Fsp3) is 0.167. The fourth-order valence-corrected chi connectivity index (χ4v) is 4.33. The van der Waals surface area contributed by atoms with Crippen LogP contribution in [0.2, 0.25) is 0 Å². The van der Waals surface area contributed by atoms with Gasteiger partial charge in [-0.2, -0.15) is 0 Å². The van der Waals surface area contributed by atoms with Crippen molar-refractivity contribution in [1.82, 2.24) is 0 Å². The number of nitrogens with zero attached hydrogens (tertiary/aromatic N) is 12. The minimum atomic E-state index is -1.15. The van der Waals surface area contributed by atoms with Crippen LogP contribution in [0.3, 0.4) is 0 Å². The molecule has 0 amide bonds. The summed E-state index contributed by atoms with van der Waals surface area (Å²) in [7, 11) is 0. The lowest BCUT2D eigenvalue weighted by Crippen LogP contribution is -2.09. The van der Waals surface area contributed by atoms with Crippen LogP contribution in [0, 0.1) is 0 Å². The summed E-state index contributed by atoms with van der Waals surface area (Å²) in [6, 6.07) is 11.6. The zero-order chi connectivity index (χ0) is 29.1. The Balaban J connectivity index is 2.59. The minimum Gasteiger partial charge on any atom is -0.478 e. The first-order chi connectivity index (χ1) is 19.4. The Bertz CT molecular complexity index is 1470. The Morgan fingerprint density at radius 1 is 0.525 bits per heavy atom. The minimum absolute atomic E-state index is 0.00990. The van der Waals surface area contributed by atoms with E-state index in [4.69, 9.17) is 22.1 Å². The molecule has 3 aromatic carbocycles. The predicted molar refractivity (Wildman–Crippen MR) is 143 cm³/mol. The summed E-state index contributed by atoms with van der Waals surface area (Å²) >= 11 is 0. The molecular formula is C24H18N12O4. The van der Waals surface area contributed by atoms with Gasteiger partial charge in [-0.3, -0.25) is 0 Å². The number of hydrogen-bond acceptors (Lipinski definition) is 6. The van der Waals surface area contributed by atoms with E-state index >= 15 is 0 Å². The molecule has 2 N–H and O–H groups in total. The summed E-state index contributed by atoms with van der Waals surface area (Å²) in [5, 5.41) is 33.6. The molecule has 0 aliphatic heterocycles. The van der Waals surface area contributed by atoms with E-state index in [1.807, 2.05) is 0 Å². The van der Waals surface area contributed by atoms with Crippen LogP contribution < -0.4 is 0 Å². The number of carboxylic acids is 2. The van der Waals surface area contributed by atoms with Gasteiger partial charge < -0.3 is 10.2 Å². The molecule has 0 heterocycles. The van der Waals surface area contributed by atoms with E-state index < -0.39 is 11.9 Å². The number of carboxylic acid groups (broad SMARTS) is 2. The number of benzene rings is 3. The van der Waals surface area contributed by atoms with Crippen molar-refractivity contribution in [2.24, 2.45) is 20.5 Å². The molecule has 16 heteroatoms. The topological polar surface area (TPSA) is 270 Å². The molecule has 0 spiro atoms. The van der Waals surface area contributed by atoms with Crippen molar-refractivity contribution in [3.8, 4) is 22.3 Å². The number of rotatable bonds is 12. The molecule has 40 heavy (non-hydrogen) atoms. The SMILES string of the molecule is [N-]=[N+]=NCc1c(CN=[N+]=[N-])c(-c2ccc(C(=O)O)cc2)c(CN=[N+]=[N-])c(CN=[N+]=[N-])c1-c1ccc(C(=O)O)cc1. The Labute approximate surface area is 224 Å². The second-order valence-electron chi connectivity index (χ2n) is 7.99. The number of hydrogen-bond donors (Lipinski definition) is 2. The first-order valence-corrected chi connectivity index (χ1v) is 11.3. The van der Waals surface area contributed by atoms with Crippen molar-refractivity contribution < 1.29 is 19.8 Å². The van der Waals surface area contributed by atoms with Gasteiger partial charge in [0, 0.05) is 19.6 Å². The van der Waals surface area contributed by atoms with Gasteiger partial charge in [-0.1, -0.05) is 44.7 Å².